The van der Waals surface area contributed by atoms with Crippen LogP contribution in [0.5, 0.6) is 5.75 Å². The van der Waals surface area contributed by atoms with Gasteiger partial charge in [0.05, 0.1) is 16.6 Å². The number of carboxylic acid groups (broad SMARTS) is 1. The second-order valence-corrected chi connectivity index (χ2v) is 9.74. The van der Waals surface area contributed by atoms with Crippen LogP contribution in [-0.4, -0.2) is 30.3 Å². The number of benzene rings is 3. The largest absolute Gasteiger partial charge is 1.00 e. The molecule has 4 rings (SSSR count). The average Bonchev–Trinajstić information content (AvgIpc) is 2.89. The second kappa shape index (κ2) is 12.8. The van der Waals surface area contributed by atoms with Crippen molar-refractivity contribution in [3.8, 4) is 17.0 Å². The number of carboxylic acids is 1. The number of nitrogens with zero attached hydrogens (tertiary/aromatic N) is 2. The van der Waals surface area contributed by atoms with Gasteiger partial charge in [-0.1, -0.05) is 60.7 Å². The summed E-state index contributed by atoms with van der Waals surface area (Å²) < 4.78 is 33.6. The van der Waals surface area contributed by atoms with Crippen molar-refractivity contribution in [1.82, 2.24) is 9.29 Å². The van der Waals surface area contributed by atoms with Crippen molar-refractivity contribution in [3.05, 3.63) is 114 Å². The minimum atomic E-state index is -3.82. The maximum absolute atomic E-state index is 13.5. The normalized spacial score (nSPS) is 11.0. The molecule has 0 unspecified atom stereocenters. The zero-order chi connectivity index (χ0) is 24.7. The van der Waals surface area contributed by atoms with E-state index in [-0.39, 0.29) is 47.5 Å². The van der Waals surface area contributed by atoms with Gasteiger partial charge in [-0.15, -0.1) is 0 Å². The molecule has 0 saturated carbocycles. The van der Waals surface area contributed by atoms with E-state index in [0.29, 0.717) is 11.3 Å². The summed E-state index contributed by atoms with van der Waals surface area (Å²) in [5, 5.41) is 10.7. The standard InChI is InChI=1S/C27H24N2O5S.Na/c30-27(31)20-34-24-8-6-7-22(17-24)19-29(35(32,33)25-9-2-1-3-10-25)18-21-12-14-23(15-13-21)26-11-4-5-16-28-26;/h1-17H,18-20H2,(H,30,31);/q;+1/p-1. The first kappa shape index (κ1) is 27.6. The van der Waals surface area contributed by atoms with Crippen molar-refractivity contribution in [1.29, 1.82) is 0 Å². The summed E-state index contributed by atoms with van der Waals surface area (Å²) >= 11 is 0. The van der Waals surface area contributed by atoms with Gasteiger partial charge in [0.25, 0.3) is 0 Å². The van der Waals surface area contributed by atoms with Crippen molar-refractivity contribution in [3.63, 3.8) is 0 Å². The smallest absolute Gasteiger partial charge is 0.546 e. The second-order valence-electron chi connectivity index (χ2n) is 7.81. The zero-order valence-electron chi connectivity index (χ0n) is 19.8. The van der Waals surface area contributed by atoms with E-state index in [1.165, 1.54) is 4.31 Å². The van der Waals surface area contributed by atoms with Gasteiger partial charge in [0.2, 0.25) is 10.0 Å². The summed E-state index contributed by atoms with van der Waals surface area (Å²) in [6.07, 6.45) is 1.72. The van der Waals surface area contributed by atoms with E-state index >= 15 is 0 Å². The molecule has 0 bridgehead atoms. The summed E-state index contributed by atoms with van der Waals surface area (Å²) in [6, 6.07) is 28.2. The van der Waals surface area contributed by atoms with E-state index in [4.69, 9.17) is 4.74 Å². The molecule has 9 heteroatoms. The van der Waals surface area contributed by atoms with Crippen molar-refractivity contribution in [2.75, 3.05) is 6.61 Å². The number of rotatable bonds is 10. The van der Waals surface area contributed by atoms with Gasteiger partial charge in [0.15, 0.2) is 0 Å². The predicted octanol–water partition coefficient (Wildman–Crippen LogP) is 0.272. The molecular weight excluding hydrogens is 487 g/mol. The first-order valence-electron chi connectivity index (χ1n) is 10.9. The Morgan fingerprint density at radius 3 is 2.19 bits per heavy atom. The van der Waals surface area contributed by atoms with Crippen LogP contribution in [0.3, 0.4) is 0 Å². The molecule has 0 aliphatic carbocycles. The van der Waals surface area contributed by atoms with Gasteiger partial charge in [0.1, 0.15) is 12.4 Å². The van der Waals surface area contributed by atoms with E-state index in [2.05, 4.69) is 4.98 Å². The molecule has 7 nitrogen and oxygen atoms in total. The number of aromatic nitrogens is 1. The Hall–Kier alpha value is -3.01. The number of hydrogen-bond acceptors (Lipinski definition) is 6. The number of carbonyl (C=O) groups is 1. The van der Waals surface area contributed by atoms with Gasteiger partial charge in [0, 0.05) is 24.8 Å². The zero-order valence-corrected chi connectivity index (χ0v) is 22.6. The molecule has 1 aromatic heterocycles. The fourth-order valence-corrected chi connectivity index (χ4v) is 5.00. The van der Waals surface area contributed by atoms with Crippen LogP contribution in [-0.2, 0) is 27.9 Å². The molecule has 0 spiro atoms. The summed E-state index contributed by atoms with van der Waals surface area (Å²) in [6.45, 7) is -0.371. The molecular formula is C27H23N2NaO5S. The summed E-state index contributed by atoms with van der Waals surface area (Å²) in [4.78, 5) is 15.3. The fraction of sp³-hybridized carbons (Fsp3) is 0.111. The maximum atomic E-state index is 13.5. The summed E-state index contributed by atoms with van der Waals surface area (Å²) in [5.74, 6) is -1.01. The Kier molecular flexibility index (Phi) is 9.81. The van der Waals surface area contributed by atoms with E-state index < -0.39 is 22.6 Å². The topological polar surface area (TPSA) is 99.6 Å². The molecule has 0 saturated heterocycles. The predicted molar refractivity (Wildman–Crippen MR) is 129 cm³/mol. The van der Waals surface area contributed by atoms with Gasteiger partial charge in [-0.05, 0) is 47.5 Å². The molecule has 0 radical (unpaired) electrons. The van der Waals surface area contributed by atoms with Crippen LogP contribution in [0.1, 0.15) is 11.1 Å². The quantitative estimate of drug-likeness (QED) is 0.284. The fourth-order valence-electron chi connectivity index (χ4n) is 3.56. The van der Waals surface area contributed by atoms with Gasteiger partial charge in [-0.3, -0.25) is 4.98 Å². The monoisotopic (exact) mass is 510 g/mol. The van der Waals surface area contributed by atoms with Crippen LogP contribution in [0.15, 0.2) is 108 Å². The first-order chi connectivity index (χ1) is 16.9. The molecule has 0 amide bonds. The van der Waals surface area contributed by atoms with E-state index in [1.54, 1.807) is 60.8 Å². The third-order valence-electron chi connectivity index (χ3n) is 5.27. The van der Waals surface area contributed by atoms with Crippen LogP contribution < -0.4 is 39.4 Å². The molecule has 3 aromatic carbocycles. The van der Waals surface area contributed by atoms with Crippen LogP contribution in [0, 0.1) is 0 Å². The molecule has 0 fully saturated rings. The Morgan fingerprint density at radius 1 is 0.833 bits per heavy atom. The van der Waals surface area contributed by atoms with E-state index in [0.717, 1.165) is 16.8 Å². The Bertz CT molecular complexity index is 1380. The summed E-state index contributed by atoms with van der Waals surface area (Å²) in [7, 11) is -3.82. The van der Waals surface area contributed by atoms with Gasteiger partial charge >= 0.3 is 29.6 Å². The molecule has 0 aliphatic heterocycles. The van der Waals surface area contributed by atoms with Crippen LogP contribution >= 0.6 is 0 Å². The van der Waals surface area contributed by atoms with Gasteiger partial charge in [-0.25, -0.2) is 8.42 Å². The third-order valence-corrected chi connectivity index (χ3v) is 7.07. The van der Waals surface area contributed by atoms with Gasteiger partial charge < -0.3 is 14.6 Å². The molecule has 1 heterocycles. The maximum Gasteiger partial charge on any atom is 1.00 e. The minimum absolute atomic E-state index is 0. The SMILES string of the molecule is O=C([O-])COc1cccc(CN(Cc2ccc(-c3ccccn3)cc2)S(=O)(=O)c2ccccc2)c1.[Na+]. The third kappa shape index (κ3) is 7.25. The molecule has 0 N–H and O–H groups in total. The van der Waals surface area contributed by atoms with Crippen molar-refractivity contribution >= 4 is 16.0 Å². The van der Waals surface area contributed by atoms with Crippen molar-refractivity contribution < 1.29 is 52.6 Å². The molecule has 36 heavy (non-hydrogen) atoms. The number of sulfonamides is 1. The number of aliphatic carboxylic acids is 1. The number of carbonyl (C=O) groups excluding carboxylic acids is 1. The van der Waals surface area contributed by atoms with E-state index in [1.807, 2.05) is 42.5 Å². The first-order valence-corrected chi connectivity index (χ1v) is 12.3. The van der Waals surface area contributed by atoms with Crippen LogP contribution in [0.25, 0.3) is 11.3 Å². The van der Waals surface area contributed by atoms with Crippen molar-refractivity contribution in [2.24, 2.45) is 0 Å². The molecule has 178 valence electrons. The molecule has 0 aliphatic rings. The number of hydrogen-bond donors (Lipinski definition) is 0. The Morgan fingerprint density at radius 2 is 1.53 bits per heavy atom. The minimum Gasteiger partial charge on any atom is -0.546 e. The molecule has 0 atom stereocenters. The number of ether oxygens (including phenoxy) is 1. The van der Waals surface area contributed by atoms with E-state index in [9.17, 15) is 18.3 Å². The van der Waals surface area contributed by atoms with Crippen molar-refractivity contribution in [2.45, 2.75) is 18.0 Å². The molecule has 4 aromatic rings. The van der Waals surface area contributed by atoms with Crippen LogP contribution in [0.2, 0.25) is 0 Å². The summed E-state index contributed by atoms with van der Waals surface area (Å²) in [5.41, 5.74) is 3.24. The number of pyridine rings is 1. The Balaban J connectivity index is 0.00000361. The average molecular weight is 511 g/mol. The Labute approximate surface area is 232 Å². The van der Waals surface area contributed by atoms with Gasteiger partial charge in [-0.2, -0.15) is 4.31 Å². The van der Waals surface area contributed by atoms with Crippen LogP contribution in [0.4, 0.5) is 0 Å².